The van der Waals surface area contributed by atoms with Gasteiger partial charge in [0.15, 0.2) is 0 Å². The fraction of sp³-hybridized carbons (Fsp3) is 0.800. The van der Waals surface area contributed by atoms with Gasteiger partial charge in [0.25, 0.3) is 0 Å². The molecule has 1 rings (SSSR count). The second-order valence-corrected chi connectivity index (χ2v) is 4.45. The van der Waals surface area contributed by atoms with E-state index in [0.29, 0.717) is 0 Å². The third-order valence-corrected chi connectivity index (χ3v) is 3.05. The number of aliphatic hydroxyl groups excluding tert-OH is 1. The van der Waals surface area contributed by atoms with Gasteiger partial charge in [-0.3, -0.25) is 4.79 Å². The minimum atomic E-state index is -0.786. The van der Waals surface area contributed by atoms with Crippen molar-refractivity contribution < 1.29 is 14.6 Å². The molecule has 1 aliphatic heterocycles. The van der Waals surface area contributed by atoms with E-state index in [9.17, 15) is 9.90 Å². The molecule has 84 valence electrons. The molecule has 0 saturated carbocycles. The van der Waals surface area contributed by atoms with Crippen molar-refractivity contribution in [2.75, 3.05) is 0 Å². The number of primary amides is 1. The summed E-state index contributed by atoms with van der Waals surface area (Å²) in [7, 11) is 0. The van der Waals surface area contributed by atoms with Gasteiger partial charge in [0.05, 0.1) is 24.7 Å². The van der Waals surface area contributed by atoms with Crippen molar-refractivity contribution in [2.45, 2.75) is 45.0 Å². The lowest BCUT2D eigenvalue weighted by Crippen LogP contribution is -2.53. The number of hydrogen-bond donors (Lipinski definition) is 2. The average molecular weight is 212 g/mol. The first kappa shape index (κ1) is 12.0. The van der Waals surface area contributed by atoms with Gasteiger partial charge in [0, 0.05) is 11.8 Å². The van der Waals surface area contributed by atoms with Crippen LogP contribution < -0.4 is 5.73 Å². The van der Waals surface area contributed by atoms with Crippen LogP contribution in [0.1, 0.15) is 26.7 Å². The highest BCUT2D eigenvalue weighted by Crippen LogP contribution is 2.37. The number of nitrogens with two attached hydrogens (primary N) is 1. The summed E-state index contributed by atoms with van der Waals surface area (Å²) in [5.41, 5.74) is 4.59. The van der Waals surface area contributed by atoms with Crippen LogP contribution in [-0.2, 0) is 9.53 Å². The van der Waals surface area contributed by atoms with E-state index in [1.54, 1.807) is 0 Å². The van der Waals surface area contributed by atoms with Crippen molar-refractivity contribution in [3.8, 4) is 6.07 Å². The summed E-state index contributed by atoms with van der Waals surface area (Å²) in [6, 6.07) is 1.98. The van der Waals surface area contributed by atoms with E-state index >= 15 is 0 Å². The zero-order valence-electron chi connectivity index (χ0n) is 8.93. The van der Waals surface area contributed by atoms with E-state index in [1.165, 1.54) is 0 Å². The number of rotatable bonds is 2. The monoisotopic (exact) mass is 212 g/mol. The molecule has 0 aromatic heterocycles. The number of carbonyl (C=O) groups is 1. The molecule has 1 saturated heterocycles. The predicted molar refractivity (Wildman–Crippen MR) is 52.5 cm³/mol. The molecular formula is C10H16N2O3. The molecule has 1 aliphatic rings. The highest BCUT2D eigenvalue weighted by molar-refractivity contribution is 5.79. The van der Waals surface area contributed by atoms with Crippen LogP contribution in [0.2, 0.25) is 0 Å². The lowest BCUT2D eigenvalue weighted by molar-refractivity contribution is -0.179. The summed E-state index contributed by atoms with van der Waals surface area (Å²) in [5, 5.41) is 18.5. The molecule has 0 radical (unpaired) electrons. The summed E-state index contributed by atoms with van der Waals surface area (Å²) in [4.78, 5) is 11.0. The highest BCUT2D eigenvalue weighted by atomic mass is 16.5. The molecule has 1 heterocycles. The summed E-state index contributed by atoms with van der Waals surface area (Å²) in [6.45, 7) is 3.63. The zero-order chi connectivity index (χ0) is 11.6. The SMILES string of the molecule is CC1(C)[C@H](O)C[C@@H](C(N)=O)O[C@@H]1CC#N. The Morgan fingerprint density at radius 3 is 2.80 bits per heavy atom. The van der Waals surface area contributed by atoms with Crippen LogP contribution in [0.3, 0.4) is 0 Å². The first-order chi connectivity index (χ1) is 6.89. The van der Waals surface area contributed by atoms with Crippen molar-refractivity contribution in [3.05, 3.63) is 0 Å². The molecule has 5 heteroatoms. The third kappa shape index (κ3) is 2.28. The molecule has 0 aliphatic carbocycles. The van der Waals surface area contributed by atoms with Crippen molar-refractivity contribution in [1.29, 1.82) is 5.26 Å². The van der Waals surface area contributed by atoms with E-state index < -0.39 is 29.6 Å². The fourth-order valence-electron chi connectivity index (χ4n) is 1.73. The van der Waals surface area contributed by atoms with Crippen molar-refractivity contribution in [2.24, 2.45) is 11.1 Å². The van der Waals surface area contributed by atoms with Gasteiger partial charge in [0.1, 0.15) is 6.10 Å². The van der Waals surface area contributed by atoms with E-state index in [0.717, 1.165) is 0 Å². The number of aliphatic hydroxyl groups is 1. The Morgan fingerprint density at radius 1 is 1.73 bits per heavy atom. The van der Waals surface area contributed by atoms with Gasteiger partial charge >= 0.3 is 0 Å². The van der Waals surface area contributed by atoms with Crippen LogP contribution in [0.4, 0.5) is 0 Å². The molecular weight excluding hydrogens is 196 g/mol. The van der Waals surface area contributed by atoms with E-state index in [4.69, 9.17) is 15.7 Å². The second-order valence-electron chi connectivity index (χ2n) is 4.45. The lowest BCUT2D eigenvalue weighted by atomic mass is 9.75. The molecule has 1 amide bonds. The molecule has 3 N–H and O–H groups in total. The Morgan fingerprint density at radius 2 is 2.33 bits per heavy atom. The van der Waals surface area contributed by atoms with E-state index in [2.05, 4.69) is 0 Å². The zero-order valence-corrected chi connectivity index (χ0v) is 8.93. The van der Waals surface area contributed by atoms with Gasteiger partial charge in [0.2, 0.25) is 5.91 Å². The number of nitrogens with zero attached hydrogens (tertiary/aromatic N) is 1. The van der Waals surface area contributed by atoms with Gasteiger partial charge in [-0.1, -0.05) is 13.8 Å². The number of carbonyl (C=O) groups excluding carboxylic acids is 1. The van der Waals surface area contributed by atoms with Crippen LogP contribution >= 0.6 is 0 Å². The molecule has 0 aromatic carbocycles. The number of ether oxygens (including phenoxy) is 1. The molecule has 3 atom stereocenters. The molecule has 1 fully saturated rings. The molecule has 0 bridgehead atoms. The summed E-state index contributed by atoms with van der Waals surface area (Å²) < 4.78 is 5.42. The van der Waals surface area contributed by atoms with Crippen molar-refractivity contribution in [3.63, 3.8) is 0 Å². The quantitative estimate of drug-likeness (QED) is 0.669. The maximum atomic E-state index is 11.0. The fourth-order valence-corrected chi connectivity index (χ4v) is 1.73. The molecule has 5 nitrogen and oxygen atoms in total. The number of amides is 1. The summed E-state index contributed by atoms with van der Waals surface area (Å²) >= 11 is 0. The third-order valence-electron chi connectivity index (χ3n) is 3.05. The van der Waals surface area contributed by atoms with Gasteiger partial charge in [-0.05, 0) is 0 Å². The van der Waals surface area contributed by atoms with Gasteiger partial charge < -0.3 is 15.6 Å². The number of nitriles is 1. The largest absolute Gasteiger partial charge is 0.392 e. The maximum absolute atomic E-state index is 11.0. The Hall–Kier alpha value is -1.12. The first-order valence-corrected chi connectivity index (χ1v) is 4.89. The van der Waals surface area contributed by atoms with Gasteiger partial charge in [-0.15, -0.1) is 0 Å². The summed E-state index contributed by atoms with van der Waals surface area (Å²) in [6.07, 6.45) is -1.57. The predicted octanol–water partition coefficient (Wildman–Crippen LogP) is -0.0700. The minimum Gasteiger partial charge on any atom is -0.392 e. The Balaban J connectivity index is 2.82. The molecule has 0 spiro atoms. The highest BCUT2D eigenvalue weighted by Gasteiger charge is 2.45. The standard InChI is InChI=1S/C10H16N2O3/c1-10(2)7(13)5-6(9(12)14)15-8(10)3-4-11/h6-8,13H,3,5H2,1-2H3,(H2,12,14)/t6-,7+,8+/m0/s1. The van der Waals surface area contributed by atoms with Gasteiger partial charge in [-0.25, -0.2) is 0 Å². The summed E-state index contributed by atoms with van der Waals surface area (Å²) in [5.74, 6) is -0.590. The van der Waals surface area contributed by atoms with E-state index in [1.807, 2.05) is 19.9 Å². The van der Waals surface area contributed by atoms with Gasteiger partial charge in [-0.2, -0.15) is 5.26 Å². The van der Waals surface area contributed by atoms with Crippen LogP contribution in [0, 0.1) is 16.7 Å². The first-order valence-electron chi connectivity index (χ1n) is 4.89. The van der Waals surface area contributed by atoms with Crippen molar-refractivity contribution >= 4 is 5.91 Å². The number of hydrogen-bond acceptors (Lipinski definition) is 4. The molecule has 0 unspecified atom stereocenters. The lowest BCUT2D eigenvalue weighted by Gasteiger charge is -2.44. The molecule has 15 heavy (non-hydrogen) atoms. The Labute approximate surface area is 88.8 Å². The van der Waals surface area contributed by atoms with E-state index in [-0.39, 0.29) is 12.8 Å². The van der Waals surface area contributed by atoms with Crippen LogP contribution in [0.25, 0.3) is 0 Å². The molecule has 0 aromatic rings. The van der Waals surface area contributed by atoms with Crippen molar-refractivity contribution in [1.82, 2.24) is 0 Å². The topological polar surface area (TPSA) is 96.3 Å². The maximum Gasteiger partial charge on any atom is 0.246 e. The minimum absolute atomic E-state index is 0.147. The Kier molecular flexibility index (Phi) is 3.32. The average Bonchev–Trinajstić information content (AvgIpc) is 2.13. The normalized spacial score (nSPS) is 34.4. The Bertz CT molecular complexity index is 296. The van der Waals surface area contributed by atoms with Crippen LogP contribution in [0.15, 0.2) is 0 Å². The second kappa shape index (κ2) is 4.17. The van der Waals surface area contributed by atoms with Crippen LogP contribution in [0.5, 0.6) is 0 Å². The smallest absolute Gasteiger partial charge is 0.246 e. The van der Waals surface area contributed by atoms with Crippen LogP contribution in [-0.4, -0.2) is 29.3 Å².